The van der Waals surface area contributed by atoms with Gasteiger partial charge < -0.3 is 9.88 Å². The monoisotopic (exact) mass is 452 g/mol. The van der Waals surface area contributed by atoms with Gasteiger partial charge in [-0.1, -0.05) is 31.0 Å². The largest absolute Gasteiger partial charge is 0.346 e. The lowest BCUT2D eigenvalue weighted by atomic mass is 10.1. The van der Waals surface area contributed by atoms with E-state index in [1.165, 1.54) is 6.07 Å². The fraction of sp³-hybridized carbons (Fsp3) is 0.333. The molecule has 0 unspecified atom stereocenters. The number of imidazole rings is 1. The number of carbonyl (C=O) groups excluding carboxylic acids is 1. The zero-order chi connectivity index (χ0) is 22.6. The van der Waals surface area contributed by atoms with Crippen LogP contribution in [-0.4, -0.2) is 41.3 Å². The number of carbonyl (C=O) groups is 1. The molecule has 0 aliphatic carbocycles. The number of hydrogen-bond donors (Lipinski definition) is 1. The van der Waals surface area contributed by atoms with E-state index in [1.807, 2.05) is 42.0 Å². The third kappa shape index (κ3) is 4.92. The summed E-state index contributed by atoms with van der Waals surface area (Å²) in [5.41, 5.74) is 2.27. The number of rotatable bonds is 6. The highest BCUT2D eigenvalue weighted by atomic mass is 32.2. The van der Waals surface area contributed by atoms with Gasteiger partial charge in [-0.15, -0.1) is 0 Å². The first-order chi connectivity index (χ1) is 15.4. The first kappa shape index (κ1) is 22.2. The van der Waals surface area contributed by atoms with Crippen LogP contribution in [0.1, 0.15) is 54.6 Å². The molecule has 1 aliphatic heterocycles. The minimum Gasteiger partial charge on any atom is -0.346 e. The molecule has 32 heavy (non-hydrogen) atoms. The number of aromatic nitrogens is 2. The van der Waals surface area contributed by atoms with Gasteiger partial charge in [0.05, 0.1) is 17.3 Å². The predicted octanol–water partition coefficient (Wildman–Crippen LogP) is 3.93. The number of amides is 1. The summed E-state index contributed by atoms with van der Waals surface area (Å²) in [5.74, 6) is -0.302. The van der Waals surface area contributed by atoms with Crippen molar-refractivity contribution in [3.8, 4) is 5.69 Å². The van der Waals surface area contributed by atoms with Crippen LogP contribution in [-0.2, 0) is 10.0 Å². The molecule has 0 bridgehead atoms. The van der Waals surface area contributed by atoms with Gasteiger partial charge in [0.25, 0.3) is 5.91 Å². The summed E-state index contributed by atoms with van der Waals surface area (Å²) in [4.78, 5) is 17.1. The fourth-order valence-corrected chi connectivity index (χ4v) is 5.50. The summed E-state index contributed by atoms with van der Waals surface area (Å²) in [6, 6.07) is 13.9. The number of sulfonamides is 1. The molecular weight excluding hydrogens is 424 g/mol. The minimum absolute atomic E-state index is 0.171. The first-order valence-corrected chi connectivity index (χ1v) is 12.4. The van der Waals surface area contributed by atoms with Crippen LogP contribution in [0.15, 0.2) is 72.1 Å². The molecule has 1 amide bonds. The van der Waals surface area contributed by atoms with E-state index in [4.69, 9.17) is 0 Å². The molecule has 4 rings (SSSR count). The highest BCUT2D eigenvalue weighted by Crippen LogP contribution is 2.22. The molecule has 3 aromatic rings. The second kappa shape index (κ2) is 9.67. The maximum Gasteiger partial charge on any atom is 0.251 e. The molecule has 8 heteroatoms. The van der Waals surface area contributed by atoms with Crippen molar-refractivity contribution in [3.63, 3.8) is 0 Å². The molecule has 2 heterocycles. The van der Waals surface area contributed by atoms with Gasteiger partial charge >= 0.3 is 0 Å². The van der Waals surface area contributed by atoms with Gasteiger partial charge in [0.2, 0.25) is 10.0 Å². The van der Waals surface area contributed by atoms with E-state index in [9.17, 15) is 13.2 Å². The molecule has 7 nitrogen and oxygen atoms in total. The van der Waals surface area contributed by atoms with Crippen LogP contribution in [0, 0.1) is 0 Å². The van der Waals surface area contributed by atoms with Gasteiger partial charge in [-0.05, 0) is 55.7 Å². The van der Waals surface area contributed by atoms with Gasteiger partial charge in [-0.2, -0.15) is 4.31 Å². The third-order valence-corrected chi connectivity index (χ3v) is 7.74. The Kier molecular flexibility index (Phi) is 6.72. The van der Waals surface area contributed by atoms with Crippen molar-refractivity contribution in [2.24, 2.45) is 0 Å². The van der Waals surface area contributed by atoms with Gasteiger partial charge in [0, 0.05) is 36.7 Å². The quantitative estimate of drug-likeness (QED) is 0.614. The van der Waals surface area contributed by atoms with E-state index in [-0.39, 0.29) is 16.8 Å². The highest BCUT2D eigenvalue weighted by Gasteiger charge is 2.26. The Hall–Kier alpha value is -2.97. The molecule has 0 radical (unpaired) electrons. The second-order valence-electron chi connectivity index (χ2n) is 8.10. The molecule has 2 aromatic carbocycles. The molecule has 0 spiro atoms. The van der Waals surface area contributed by atoms with Crippen molar-refractivity contribution in [3.05, 3.63) is 78.4 Å². The predicted molar refractivity (Wildman–Crippen MR) is 123 cm³/mol. The van der Waals surface area contributed by atoms with E-state index in [2.05, 4.69) is 10.3 Å². The van der Waals surface area contributed by atoms with Crippen LogP contribution in [0.3, 0.4) is 0 Å². The van der Waals surface area contributed by atoms with Crippen LogP contribution >= 0.6 is 0 Å². The number of hydrogen-bond acceptors (Lipinski definition) is 4. The van der Waals surface area contributed by atoms with Gasteiger partial charge in [-0.3, -0.25) is 4.79 Å². The molecule has 1 aliphatic rings. The van der Waals surface area contributed by atoms with Crippen molar-refractivity contribution >= 4 is 15.9 Å². The summed E-state index contributed by atoms with van der Waals surface area (Å²) in [7, 11) is -3.60. The topological polar surface area (TPSA) is 84.3 Å². The Morgan fingerprint density at radius 2 is 1.75 bits per heavy atom. The first-order valence-electron chi connectivity index (χ1n) is 10.9. The summed E-state index contributed by atoms with van der Waals surface area (Å²) in [5, 5.41) is 2.97. The van der Waals surface area contributed by atoms with Crippen LogP contribution in [0.2, 0.25) is 0 Å². The van der Waals surface area contributed by atoms with Crippen LogP contribution in [0.25, 0.3) is 5.69 Å². The lowest BCUT2D eigenvalue weighted by Gasteiger charge is -2.20. The van der Waals surface area contributed by atoms with E-state index in [0.29, 0.717) is 18.7 Å². The minimum atomic E-state index is -3.60. The molecule has 1 aromatic heterocycles. The van der Waals surface area contributed by atoms with Gasteiger partial charge in [0.1, 0.15) is 0 Å². The number of nitrogens with one attached hydrogen (secondary N) is 1. The van der Waals surface area contributed by atoms with Crippen LogP contribution in [0.4, 0.5) is 0 Å². The van der Waals surface area contributed by atoms with Crippen molar-refractivity contribution in [1.82, 2.24) is 19.2 Å². The molecule has 1 atom stereocenters. The van der Waals surface area contributed by atoms with Crippen molar-refractivity contribution in [2.45, 2.75) is 43.5 Å². The van der Waals surface area contributed by atoms with Gasteiger partial charge in [-0.25, -0.2) is 13.4 Å². The second-order valence-corrected chi connectivity index (χ2v) is 10.0. The smallest absolute Gasteiger partial charge is 0.251 e. The molecule has 168 valence electrons. The SMILES string of the molecule is C[C@H](NC(=O)c1cccc(S(=O)(=O)N2CCCCCC2)c1)c1ccc(-n2ccnc2)cc1. The van der Waals surface area contributed by atoms with Crippen molar-refractivity contribution in [1.29, 1.82) is 0 Å². The lowest BCUT2D eigenvalue weighted by Crippen LogP contribution is -2.32. The van der Waals surface area contributed by atoms with Crippen LogP contribution < -0.4 is 5.32 Å². The normalized spacial score (nSPS) is 16.3. The third-order valence-electron chi connectivity index (χ3n) is 5.84. The fourth-order valence-electron chi connectivity index (χ4n) is 3.94. The standard InChI is InChI=1S/C24H28N4O3S/c1-19(20-9-11-22(12-10-20)27-16-13-25-18-27)26-24(29)21-7-6-8-23(17-21)32(30,31)28-14-4-2-3-5-15-28/h6-13,16-19H,2-5,14-15H2,1H3,(H,26,29)/t19-/m0/s1. The summed E-state index contributed by atoms with van der Waals surface area (Å²) < 4.78 is 29.6. The Labute approximate surface area is 189 Å². The Bertz CT molecular complexity index is 1150. The zero-order valence-corrected chi connectivity index (χ0v) is 19.0. The average molecular weight is 453 g/mol. The number of nitrogens with zero attached hydrogens (tertiary/aromatic N) is 3. The highest BCUT2D eigenvalue weighted by molar-refractivity contribution is 7.89. The Morgan fingerprint density at radius 1 is 1.03 bits per heavy atom. The van der Waals surface area contributed by atoms with Crippen LogP contribution in [0.5, 0.6) is 0 Å². The maximum absolute atomic E-state index is 13.1. The molecule has 1 saturated heterocycles. The van der Waals surface area contributed by atoms with Gasteiger partial charge in [0.15, 0.2) is 0 Å². The Morgan fingerprint density at radius 3 is 2.41 bits per heavy atom. The van der Waals surface area contributed by atoms with E-state index in [0.717, 1.165) is 36.9 Å². The maximum atomic E-state index is 13.1. The summed E-state index contributed by atoms with van der Waals surface area (Å²) in [6.07, 6.45) is 9.16. The van der Waals surface area contributed by atoms with E-state index in [1.54, 1.807) is 35.0 Å². The Balaban J connectivity index is 1.46. The average Bonchev–Trinajstić information content (AvgIpc) is 3.20. The van der Waals surface area contributed by atoms with E-state index < -0.39 is 10.0 Å². The molecular formula is C24H28N4O3S. The van der Waals surface area contributed by atoms with Crippen molar-refractivity contribution < 1.29 is 13.2 Å². The molecule has 1 N–H and O–H groups in total. The van der Waals surface area contributed by atoms with E-state index >= 15 is 0 Å². The zero-order valence-electron chi connectivity index (χ0n) is 18.1. The molecule has 1 fully saturated rings. The van der Waals surface area contributed by atoms with Crippen molar-refractivity contribution in [2.75, 3.05) is 13.1 Å². The lowest BCUT2D eigenvalue weighted by molar-refractivity contribution is 0.0939. The summed E-state index contributed by atoms with van der Waals surface area (Å²) in [6.45, 7) is 2.97. The molecule has 0 saturated carbocycles. The number of benzene rings is 2. The summed E-state index contributed by atoms with van der Waals surface area (Å²) >= 11 is 0.